The minimum atomic E-state index is -4.64. The number of hydrogen-bond donors (Lipinski definition) is 4. The number of rotatable bonds is 2. The Morgan fingerprint density at radius 2 is 1.95 bits per heavy atom. The summed E-state index contributed by atoms with van der Waals surface area (Å²) in [7, 11) is -3.14. The minimum absolute atomic E-state index is 0.0724. The maximum absolute atomic E-state index is 9.50. The van der Waals surface area contributed by atoms with Crippen molar-refractivity contribution in [3.8, 4) is 23.0 Å². The second kappa shape index (κ2) is 6.35. The molecule has 0 amide bonds. The summed E-state index contributed by atoms with van der Waals surface area (Å²) in [5, 5.41) is 9.50. The van der Waals surface area contributed by atoms with Crippen LogP contribution in [0.3, 0.4) is 0 Å². The highest BCUT2D eigenvalue weighted by Gasteiger charge is 2.06. The molecule has 8 nitrogen and oxygen atoms in total. The van der Waals surface area contributed by atoms with E-state index >= 15 is 0 Å². The molecule has 0 bridgehead atoms. The molecule has 4 N–H and O–H groups in total. The van der Waals surface area contributed by atoms with Gasteiger partial charge in [-0.15, -0.1) is 0 Å². The SMILES string of the molecule is COc1ccc(-c2ncco2)cc1O.O=P(O)(O)O. The Kier molecular flexibility index (Phi) is 5.08. The van der Waals surface area contributed by atoms with Crippen molar-refractivity contribution < 1.29 is 33.5 Å². The standard InChI is InChI=1S/C10H9NO3.H3O4P/c1-13-9-3-2-7(6-8(9)12)10-11-4-5-14-10;1-5(2,3)4/h2-6,12H,1H3;(H3,1,2,3,4). The van der Waals surface area contributed by atoms with Gasteiger partial charge in [-0.05, 0) is 18.2 Å². The number of benzene rings is 1. The Morgan fingerprint density at radius 3 is 2.37 bits per heavy atom. The van der Waals surface area contributed by atoms with Crippen LogP contribution in [0.4, 0.5) is 0 Å². The summed E-state index contributed by atoms with van der Waals surface area (Å²) < 4.78 is 18.9. The summed E-state index contributed by atoms with van der Waals surface area (Å²) in [6.07, 6.45) is 3.03. The number of aromatic hydroxyl groups is 1. The smallest absolute Gasteiger partial charge is 0.466 e. The minimum Gasteiger partial charge on any atom is -0.504 e. The zero-order chi connectivity index (χ0) is 14.5. The molecule has 0 saturated heterocycles. The van der Waals surface area contributed by atoms with E-state index in [9.17, 15) is 5.11 Å². The Hall–Kier alpha value is -1.86. The molecule has 104 valence electrons. The third kappa shape index (κ3) is 5.54. The molecule has 1 heterocycles. The van der Waals surface area contributed by atoms with Crippen LogP contribution in [0.1, 0.15) is 0 Å². The molecule has 1 aromatic heterocycles. The molecule has 0 spiro atoms. The number of phosphoric acid groups is 1. The second-order valence-corrected chi connectivity index (χ2v) is 4.26. The molecule has 0 saturated carbocycles. The summed E-state index contributed by atoms with van der Waals surface area (Å²) in [5.41, 5.74) is 0.716. The molecule has 0 unspecified atom stereocenters. The monoisotopic (exact) mass is 289 g/mol. The molecule has 19 heavy (non-hydrogen) atoms. The first-order valence-corrected chi connectivity index (χ1v) is 6.43. The number of hydrogen-bond acceptors (Lipinski definition) is 5. The first-order chi connectivity index (χ1) is 8.81. The Morgan fingerprint density at radius 1 is 1.32 bits per heavy atom. The van der Waals surface area contributed by atoms with Crippen LogP contribution in [-0.2, 0) is 4.57 Å². The molecule has 0 aliphatic rings. The molecule has 0 fully saturated rings. The molecule has 0 atom stereocenters. The summed E-state index contributed by atoms with van der Waals surface area (Å²) in [6.45, 7) is 0. The molecule has 0 aliphatic carbocycles. The van der Waals surface area contributed by atoms with Crippen LogP contribution in [0.5, 0.6) is 11.5 Å². The topological polar surface area (TPSA) is 133 Å². The molecular weight excluding hydrogens is 277 g/mol. The lowest BCUT2D eigenvalue weighted by molar-refractivity contribution is 0.275. The summed E-state index contributed by atoms with van der Waals surface area (Å²) in [4.78, 5) is 25.5. The van der Waals surface area contributed by atoms with Crippen molar-refractivity contribution in [2.75, 3.05) is 7.11 Å². The van der Waals surface area contributed by atoms with E-state index in [1.165, 1.54) is 13.4 Å². The molecule has 2 rings (SSSR count). The van der Waals surface area contributed by atoms with Crippen LogP contribution in [0, 0.1) is 0 Å². The number of oxazole rings is 1. The van der Waals surface area contributed by atoms with Crippen LogP contribution in [-0.4, -0.2) is 31.9 Å². The molecule has 0 aliphatic heterocycles. The molecular formula is C10H12NO7P. The van der Waals surface area contributed by atoms with Gasteiger partial charge in [-0.3, -0.25) is 0 Å². The fourth-order valence-corrected chi connectivity index (χ4v) is 1.19. The van der Waals surface area contributed by atoms with Gasteiger partial charge in [0.25, 0.3) is 0 Å². The highest BCUT2D eigenvalue weighted by Crippen LogP contribution is 2.30. The van der Waals surface area contributed by atoms with Crippen LogP contribution in [0.2, 0.25) is 0 Å². The van der Waals surface area contributed by atoms with Crippen molar-refractivity contribution in [2.45, 2.75) is 0 Å². The molecule has 0 radical (unpaired) electrons. The summed E-state index contributed by atoms with van der Waals surface area (Å²) in [6, 6.07) is 4.98. The number of methoxy groups -OCH3 is 1. The lowest BCUT2D eigenvalue weighted by Gasteiger charge is -2.03. The lowest BCUT2D eigenvalue weighted by Crippen LogP contribution is -1.84. The fraction of sp³-hybridized carbons (Fsp3) is 0.100. The molecule has 2 aromatic rings. The van der Waals surface area contributed by atoms with Crippen LogP contribution in [0.25, 0.3) is 11.5 Å². The second-order valence-electron chi connectivity index (χ2n) is 3.24. The van der Waals surface area contributed by atoms with Crippen LogP contribution < -0.4 is 4.74 Å². The largest absolute Gasteiger partial charge is 0.504 e. The van der Waals surface area contributed by atoms with Gasteiger partial charge in [0, 0.05) is 5.56 Å². The van der Waals surface area contributed by atoms with Crippen LogP contribution in [0.15, 0.2) is 35.1 Å². The number of phenolic OH excluding ortho intramolecular Hbond substituents is 1. The van der Waals surface area contributed by atoms with Gasteiger partial charge >= 0.3 is 7.82 Å². The van der Waals surface area contributed by atoms with E-state index in [2.05, 4.69) is 4.98 Å². The maximum Gasteiger partial charge on any atom is 0.466 e. The summed E-state index contributed by atoms with van der Waals surface area (Å²) in [5.74, 6) is 0.978. The summed E-state index contributed by atoms with van der Waals surface area (Å²) >= 11 is 0. The highest BCUT2D eigenvalue weighted by molar-refractivity contribution is 7.45. The van der Waals surface area contributed by atoms with E-state index in [0.29, 0.717) is 17.2 Å². The average Bonchev–Trinajstić information content (AvgIpc) is 2.80. The van der Waals surface area contributed by atoms with Crippen molar-refractivity contribution in [1.29, 1.82) is 0 Å². The van der Waals surface area contributed by atoms with Crippen molar-refractivity contribution in [2.24, 2.45) is 0 Å². The van der Waals surface area contributed by atoms with Crippen molar-refractivity contribution in [3.05, 3.63) is 30.7 Å². The zero-order valence-electron chi connectivity index (χ0n) is 9.79. The average molecular weight is 289 g/mol. The van der Waals surface area contributed by atoms with Gasteiger partial charge in [-0.1, -0.05) is 0 Å². The number of ether oxygens (including phenoxy) is 1. The van der Waals surface area contributed by atoms with Crippen molar-refractivity contribution in [3.63, 3.8) is 0 Å². The Bertz CT molecular complexity index is 555. The van der Waals surface area contributed by atoms with E-state index in [1.807, 2.05) is 0 Å². The Balaban J connectivity index is 0.000000312. The molecule has 1 aromatic carbocycles. The zero-order valence-corrected chi connectivity index (χ0v) is 10.7. The van der Waals surface area contributed by atoms with Crippen LogP contribution >= 0.6 is 7.82 Å². The van der Waals surface area contributed by atoms with Gasteiger partial charge in [0.05, 0.1) is 13.3 Å². The first-order valence-electron chi connectivity index (χ1n) is 4.86. The van der Waals surface area contributed by atoms with Gasteiger partial charge in [0.15, 0.2) is 11.5 Å². The quantitative estimate of drug-likeness (QED) is 0.604. The fourth-order valence-electron chi connectivity index (χ4n) is 1.19. The third-order valence-electron chi connectivity index (χ3n) is 1.86. The van der Waals surface area contributed by atoms with E-state index in [1.54, 1.807) is 24.4 Å². The first kappa shape index (κ1) is 15.2. The predicted molar refractivity (Wildman–Crippen MR) is 64.4 cm³/mol. The Labute approximate surface area is 108 Å². The van der Waals surface area contributed by atoms with Gasteiger partial charge in [0.2, 0.25) is 5.89 Å². The van der Waals surface area contributed by atoms with Crippen molar-refractivity contribution >= 4 is 7.82 Å². The van der Waals surface area contributed by atoms with E-state index in [4.69, 9.17) is 28.4 Å². The predicted octanol–water partition coefficient (Wildman–Crippen LogP) is 1.13. The van der Waals surface area contributed by atoms with E-state index in [-0.39, 0.29) is 5.75 Å². The highest BCUT2D eigenvalue weighted by atomic mass is 31.2. The van der Waals surface area contributed by atoms with Gasteiger partial charge in [-0.2, -0.15) is 0 Å². The number of phenols is 1. The van der Waals surface area contributed by atoms with Gasteiger partial charge in [-0.25, -0.2) is 9.55 Å². The van der Waals surface area contributed by atoms with Crippen molar-refractivity contribution in [1.82, 2.24) is 4.98 Å². The molecule has 9 heteroatoms. The van der Waals surface area contributed by atoms with Gasteiger partial charge < -0.3 is 28.9 Å². The third-order valence-corrected chi connectivity index (χ3v) is 1.86. The number of aromatic nitrogens is 1. The van der Waals surface area contributed by atoms with E-state index < -0.39 is 7.82 Å². The van der Waals surface area contributed by atoms with Gasteiger partial charge in [0.1, 0.15) is 6.26 Å². The maximum atomic E-state index is 9.50. The number of nitrogens with zero attached hydrogens (tertiary/aromatic N) is 1. The normalized spacial score (nSPS) is 10.5. The van der Waals surface area contributed by atoms with E-state index in [0.717, 1.165) is 0 Å². The lowest BCUT2D eigenvalue weighted by atomic mass is 10.2.